The van der Waals surface area contributed by atoms with Crippen molar-refractivity contribution in [1.29, 1.82) is 0 Å². The van der Waals surface area contributed by atoms with Crippen molar-refractivity contribution in [2.75, 3.05) is 18.4 Å². The number of nitrogens with one attached hydrogen (secondary N) is 1. The highest BCUT2D eigenvalue weighted by Gasteiger charge is 2.15. The summed E-state index contributed by atoms with van der Waals surface area (Å²) >= 11 is 0. The van der Waals surface area contributed by atoms with Crippen LogP contribution in [0, 0.1) is 0 Å². The molecule has 29 heavy (non-hydrogen) atoms. The number of carbonyl (C=O) groups is 2. The molecule has 0 unspecified atom stereocenters. The van der Waals surface area contributed by atoms with Gasteiger partial charge >= 0.3 is 0 Å². The molecular formula is C23H23N3O3. The first kappa shape index (κ1) is 18.8. The third kappa shape index (κ3) is 3.61. The molecule has 2 aromatic carbocycles. The maximum Gasteiger partial charge on any atom is 0.259 e. The Morgan fingerprint density at radius 1 is 1.07 bits per heavy atom. The molecule has 6 heteroatoms. The average molecular weight is 389 g/mol. The minimum atomic E-state index is -0.217. The molecule has 2 heterocycles. The van der Waals surface area contributed by atoms with Crippen LogP contribution < -0.4 is 5.32 Å². The van der Waals surface area contributed by atoms with Gasteiger partial charge in [0, 0.05) is 41.3 Å². The highest BCUT2D eigenvalue weighted by molar-refractivity contribution is 6.12. The summed E-state index contributed by atoms with van der Waals surface area (Å²) in [4.78, 5) is 26.9. The van der Waals surface area contributed by atoms with Crippen LogP contribution in [0.25, 0.3) is 21.9 Å². The Morgan fingerprint density at radius 3 is 2.66 bits per heavy atom. The SMILES string of the molecule is CCN(CC)C(=O)Cn1ccc2cc(NC(=O)c3coc4ccccc34)ccc21. The zero-order chi connectivity index (χ0) is 20.4. The zero-order valence-corrected chi connectivity index (χ0v) is 16.5. The molecule has 0 radical (unpaired) electrons. The van der Waals surface area contributed by atoms with Gasteiger partial charge in [-0.15, -0.1) is 0 Å². The summed E-state index contributed by atoms with van der Waals surface area (Å²) in [6, 6.07) is 15.1. The van der Waals surface area contributed by atoms with Gasteiger partial charge < -0.3 is 19.2 Å². The van der Waals surface area contributed by atoms with E-state index in [0.717, 1.165) is 16.3 Å². The fraction of sp³-hybridized carbons (Fsp3) is 0.217. The van der Waals surface area contributed by atoms with E-state index in [1.165, 1.54) is 6.26 Å². The van der Waals surface area contributed by atoms with Crippen molar-refractivity contribution in [3.05, 3.63) is 66.6 Å². The van der Waals surface area contributed by atoms with Crippen LogP contribution in [0.4, 0.5) is 5.69 Å². The summed E-state index contributed by atoms with van der Waals surface area (Å²) < 4.78 is 7.39. The molecule has 1 N–H and O–H groups in total. The van der Waals surface area contributed by atoms with Crippen LogP contribution >= 0.6 is 0 Å². The Bertz CT molecular complexity index is 1180. The fourth-order valence-corrected chi connectivity index (χ4v) is 3.59. The van der Waals surface area contributed by atoms with Crippen LogP contribution in [0.5, 0.6) is 0 Å². The Labute approximate surface area is 168 Å². The Morgan fingerprint density at radius 2 is 1.86 bits per heavy atom. The fourth-order valence-electron chi connectivity index (χ4n) is 3.59. The number of nitrogens with zero attached hydrogens (tertiary/aromatic N) is 2. The van der Waals surface area contributed by atoms with Gasteiger partial charge in [-0.25, -0.2) is 0 Å². The maximum absolute atomic E-state index is 12.7. The number of anilines is 1. The molecule has 0 saturated carbocycles. The third-order valence-corrected chi connectivity index (χ3v) is 5.18. The molecule has 0 aliphatic rings. The largest absolute Gasteiger partial charge is 0.463 e. The summed E-state index contributed by atoms with van der Waals surface area (Å²) in [5.41, 5.74) is 2.84. The number of hydrogen-bond donors (Lipinski definition) is 1. The number of para-hydroxylation sites is 1. The molecule has 0 bridgehead atoms. The van der Waals surface area contributed by atoms with Crippen LogP contribution in [0.1, 0.15) is 24.2 Å². The second-order valence-electron chi connectivity index (χ2n) is 6.88. The first-order valence-corrected chi connectivity index (χ1v) is 9.75. The van der Waals surface area contributed by atoms with Crippen LogP contribution in [0.3, 0.4) is 0 Å². The second kappa shape index (κ2) is 7.83. The van der Waals surface area contributed by atoms with Crippen LogP contribution in [-0.4, -0.2) is 34.4 Å². The minimum absolute atomic E-state index is 0.0942. The highest BCUT2D eigenvalue weighted by atomic mass is 16.3. The smallest absolute Gasteiger partial charge is 0.259 e. The van der Waals surface area contributed by atoms with E-state index in [1.807, 2.05) is 78.0 Å². The standard InChI is InChI=1S/C23H23N3O3/c1-3-25(4-2)22(27)14-26-12-11-16-13-17(9-10-20(16)26)24-23(28)19-15-29-21-8-6-5-7-18(19)21/h5-13,15H,3-4,14H2,1-2H3,(H,24,28). The minimum Gasteiger partial charge on any atom is -0.463 e. The number of furan rings is 1. The molecule has 0 aliphatic heterocycles. The lowest BCUT2D eigenvalue weighted by atomic mass is 10.1. The van der Waals surface area contributed by atoms with Gasteiger partial charge in [0.1, 0.15) is 18.4 Å². The molecule has 0 saturated heterocycles. The molecule has 0 aliphatic carbocycles. The summed E-state index contributed by atoms with van der Waals surface area (Å²) in [5, 5.41) is 4.68. The number of fused-ring (bicyclic) bond motifs is 2. The van der Waals surface area contributed by atoms with E-state index in [9.17, 15) is 9.59 Å². The Hall–Kier alpha value is -3.54. The highest BCUT2D eigenvalue weighted by Crippen LogP contribution is 2.24. The van der Waals surface area contributed by atoms with Crippen molar-refractivity contribution in [2.45, 2.75) is 20.4 Å². The summed E-state index contributed by atoms with van der Waals surface area (Å²) in [7, 11) is 0. The van der Waals surface area contributed by atoms with Crippen LogP contribution in [0.15, 0.2) is 65.4 Å². The topological polar surface area (TPSA) is 67.5 Å². The van der Waals surface area contributed by atoms with Crippen LogP contribution in [-0.2, 0) is 11.3 Å². The van der Waals surface area contributed by atoms with Crippen molar-refractivity contribution in [3.63, 3.8) is 0 Å². The van der Waals surface area contributed by atoms with Gasteiger partial charge in [0.25, 0.3) is 5.91 Å². The second-order valence-corrected chi connectivity index (χ2v) is 6.88. The maximum atomic E-state index is 12.7. The summed E-state index contributed by atoms with van der Waals surface area (Å²) in [5.74, 6) is -0.123. The Kier molecular flexibility index (Phi) is 5.08. The number of rotatable bonds is 6. The third-order valence-electron chi connectivity index (χ3n) is 5.18. The van der Waals surface area contributed by atoms with E-state index in [0.29, 0.717) is 36.5 Å². The average Bonchev–Trinajstić information content (AvgIpc) is 3.33. The molecule has 4 aromatic rings. The quantitative estimate of drug-likeness (QED) is 0.528. The zero-order valence-electron chi connectivity index (χ0n) is 16.5. The number of likely N-dealkylation sites (N-methyl/N-ethyl adjacent to an activating group) is 1. The summed E-state index contributed by atoms with van der Waals surface area (Å²) in [6.45, 7) is 5.67. The summed E-state index contributed by atoms with van der Waals surface area (Å²) in [6.07, 6.45) is 3.38. The van der Waals surface area contributed by atoms with Gasteiger partial charge in [0.05, 0.1) is 5.56 Å². The van der Waals surface area contributed by atoms with E-state index in [4.69, 9.17) is 4.42 Å². The van der Waals surface area contributed by atoms with E-state index >= 15 is 0 Å². The van der Waals surface area contributed by atoms with E-state index in [2.05, 4.69) is 5.32 Å². The van der Waals surface area contributed by atoms with Crippen molar-refractivity contribution in [3.8, 4) is 0 Å². The number of carbonyl (C=O) groups excluding carboxylic acids is 2. The van der Waals surface area contributed by atoms with Gasteiger partial charge in [-0.3, -0.25) is 9.59 Å². The number of aromatic nitrogens is 1. The van der Waals surface area contributed by atoms with Crippen molar-refractivity contribution in [1.82, 2.24) is 9.47 Å². The molecule has 2 amide bonds. The molecule has 0 fully saturated rings. The number of amides is 2. The van der Waals surface area contributed by atoms with E-state index < -0.39 is 0 Å². The molecule has 0 spiro atoms. The Balaban J connectivity index is 1.54. The van der Waals surface area contributed by atoms with Crippen molar-refractivity contribution in [2.24, 2.45) is 0 Å². The van der Waals surface area contributed by atoms with Crippen molar-refractivity contribution < 1.29 is 14.0 Å². The monoisotopic (exact) mass is 389 g/mol. The van der Waals surface area contributed by atoms with Crippen LogP contribution in [0.2, 0.25) is 0 Å². The van der Waals surface area contributed by atoms with Gasteiger partial charge in [-0.2, -0.15) is 0 Å². The van der Waals surface area contributed by atoms with E-state index in [1.54, 1.807) is 0 Å². The number of hydrogen-bond acceptors (Lipinski definition) is 3. The lowest BCUT2D eigenvalue weighted by molar-refractivity contribution is -0.131. The molecule has 0 atom stereocenters. The van der Waals surface area contributed by atoms with Crippen molar-refractivity contribution >= 4 is 39.4 Å². The molecule has 4 rings (SSSR count). The number of benzene rings is 2. The molecule has 2 aromatic heterocycles. The van der Waals surface area contributed by atoms with Gasteiger partial charge in [-0.05, 0) is 44.2 Å². The molecular weight excluding hydrogens is 366 g/mol. The first-order chi connectivity index (χ1) is 14.1. The normalized spacial score (nSPS) is 11.1. The predicted molar refractivity (Wildman–Crippen MR) is 114 cm³/mol. The van der Waals surface area contributed by atoms with Gasteiger partial charge in [0.15, 0.2) is 0 Å². The van der Waals surface area contributed by atoms with E-state index in [-0.39, 0.29) is 11.8 Å². The van der Waals surface area contributed by atoms with Gasteiger partial charge in [-0.1, -0.05) is 18.2 Å². The lowest BCUT2D eigenvalue weighted by Gasteiger charge is -2.19. The molecule has 148 valence electrons. The first-order valence-electron chi connectivity index (χ1n) is 9.75. The molecule has 6 nitrogen and oxygen atoms in total. The lowest BCUT2D eigenvalue weighted by Crippen LogP contribution is -2.33. The van der Waals surface area contributed by atoms with Gasteiger partial charge in [0.2, 0.25) is 5.91 Å². The predicted octanol–water partition coefficient (Wildman–Crippen LogP) is 4.51.